The van der Waals surface area contributed by atoms with Gasteiger partial charge >= 0.3 is 0 Å². The fourth-order valence-corrected chi connectivity index (χ4v) is 1.67. The van der Waals surface area contributed by atoms with Crippen LogP contribution in [0.15, 0.2) is 47.8 Å². The minimum Gasteiger partial charge on any atom is -0.409 e. The molecule has 7 heteroatoms. The van der Waals surface area contributed by atoms with E-state index in [2.05, 4.69) is 15.5 Å². The van der Waals surface area contributed by atoms with E-state index in [-0.39, 0.29) is 29.2 Å². The van der Waals surface area contributed by atoms with Crippen molar-refractivity contribution in [3.63, 3.8) is 0 Å². The van der Waals surface area contributed by atoms with Gasteiger partial charge in [0.15, 0.2) is 5.84 Å². The van der Waals surface area contributed by atoms with Gasteiger partial charge in [-0.15, -0.1) is 0 Å². The van der Waals surface area contributed by atoms with Gasteiger partial charge < -0.3 is 16.3 Å². The lowest BCUT2D eigenvalue weighted by Gasteiger charge is -2.07. The Labute approximate surface area is 120 Å². The van der Waals surface area contributed by atoms with E-state index in [0.29, 0.717) is 0 Å². The number of oxime groups is 1. The van der Waals surface area contributed by atoms with Crippen LogP contribution in [-0.2, 0) is 6.54 Å². The number of rotatable bonds is 4. The maximum Gasteiger partial charge on any atom is 0.270 e. The van der Waals surface area contributed by atoms with Crippen LogP contribution in [-0.4, -0.2) is 21.9 Å². The minimum absolute atomic E-state index is 0.0116. The molecular formula is C14H13FN4O2. The fraction of sp³-hybridized carbons (Fsp3) is 0.0714. The van der Waals surface area contributed by atoms with E-state index in [1.54, 1.807) is 18.2 Å². The molecule has 0 spiro atoms. The lowest BCUT2D eigenvalue weighted by molar-refractivity contribution is 0.0945. The van der Waals surface area contributed by atoms with E-state index in [1.807, 2.05) is 0 Å². The molecule has 2 aromatic rings. The molecule has 0 unspecified atom stereocenters. The zero-order valence-corrected chi connectivity index (χ0v) is 11.0. The van der Waals surface area contributed by atoms with Gasteiger partial charge in [0.1, 0.15) is 11.5 Å². The quantitative estimate of drug-likeness (QED) is 0.341. The average molecular weight is 288 g/mol. The summed E-state index contributed by atoms with van der Waals surface area (Å²) in [6.07, 6.45) is 1.50. The number of nitrogens with two attached hydrogens (primary N) is 1. The summed E-state index contributed by atoms with van der Waals surface area (Å²) in [5.74, 6) is -1.13. The Morgan fingerprint density at radius 1 is 1.38 bits per heavy atom. The van der Waals surface area contributed by atoms with Crippen LogP contribution in [0.4, 0.5) is 4.39 Å². The van der Waals surface area contributed by atoms with Gasteiger partial charge in [-0.3, -0.25) is 9.78 Å². The molecule has 1 aromatic heterocycles. The summed E-state index contributed by atoms with van der Waals surface area (Å²) < 4.78 is 13.8. The van der Waals surface area contributed by atoms with Crippen molar-refractivity contribution in [1.29, 1.82) is 0 Å². The molecule has 6 nitrogen and oxygen atoms in total. The molecule has 0 atom stereocenters. The van der Waals surface area contributed by atoms with Crippen LogP contribution in [0.1, 0.15) is 21.6 Å². The number of carbonyl (C=O) groups is 1. The molecule has 1 amide bonds. The summed E-state index contributed by atoms with van der Waals surface area (Å²) in [4.78, 5) is 15.7. The number of pyridine rings is 1. The number of benzene rings is 1. The Morgan fingerprint density at radius 3 is 2.81 bits per heavy atom. The van der Waals surface area contributed by atoms with Crippen molar-refractivity contribution in [2.75, 3.05) is 0 Å². The number of nitrogens with one attached hydrogen (secondary N) is 1. The van der Waals surface area contributed by atoms with Crippen LogP contribution in [0.3, 0.4) is 0 Å². The van der Waals surface area contributed by atoms with E-state index in [4.69, 9.17) is 10.9 Å². The number of carbonyl (C=O) groups excluding carboxylic acids is 1. The van der Waals surface area contributed by atoms with Crippen molar-refractivity contribution in [3.8, 4) is 0 Å². The highest BCUT2D eigenvalue weighted by Gasteiger charge is 2.09. The van der Waals surface area contributed by atoms with Gasteiger partial charge in [-0.1, -0.05) is 23.4 Å². The molecular weight excluding hydrogens is 275 g/mol. The van der Waals surface area contributed by atoms with E-state index in [9.17, 15) is 9.18 Å². The number of aromatic nitrogens is 1. The highest BCUT2D eigenvalue weighted by Crippen LogP contribution is 2.10. The van der Waals surface area contributed by atoms with Crippen LogP contribution in [0.2, 0.25) is 0 Å². The van der Waals surface area contributed by atoms with E-state index in [0.717, 1.165) is 6.07 Å². The second-order valence-corrected chi connectivity index (χ2v) is 4.19. The Balaban J connectivity index is 2.06. The molecule has 0 bridgehead atoms. The van der Waals surface area contributed by atoms with Gasteiger partial charge in [0.25, 0.3) is 5.91 Å². The lowest BCUT2D eigenvalue weighted by atomic mass is 10.1. The molecule has 0 saturated heterocycles. The molecule has 108 valence electrons. The third kappa shape index (κ3) is 3.53. The molecule has 1 heterocycles. The first-order valence-corrected chi connectivity index (χ1v) is 6.07. The summed E-state index contributed by atoms with van der Waals surface area (Å²) in [5.41, 5.74) is 6.17. The molecule has 0 aliphatic carbocycles. The van der Waals surface area contributed by atoms with E-state index >= 15 is 0 Å². The second kappa shape index (κ2) is 6.47. The predicted octanol–water partition coefficient (Wildman–Crippen LogP) is 1.25. The maximum atomic E-state index is 13.8. The summed E-state index contributed by atoms with van der Waals surface area (Å²) in [6, 6.07) is 9.04. The molecule has 4 N–H and O–H groups in total. The first-order chi connectivity index (χ1) is 10.1. The van der Waals surface area contributed by atoms with E-state index in [1.165, 1.54) is 18.3 Å². The lowest BCUT2D eigenvalue weighted by Crippen LogP contribution is -2.24. The monoisotopic (exact) mass is 288 g/mol. The average Bonchev–Trinajstić information content (AvgIpc) is 2.53. The number of hydrogen-bond acceptors (Lipinski definition) is 4. The van der Waals surface area contributed by atoms with Gasteiger partial charge in [0.2, 0.25) is 0 Å². The number of amides is 1. The Bertz CT molecular complexity index is 674. The van der Waals surface area contributed by atoms with Crippen molar-refractivity contribution in [2.45, 2.75) is 6.54 Å². The molecule has 0 fully saturated rings. The number of halogens is 1. The van der Waals surface area contributed by atoms with Crippen LogP contribution >= 0.6 is 0 Å². The smallest absolute Gasteiger partial charge is 0.270 e. The Kier molecular flexibility index (Phi) is 4.45. The first kappa shape index (κ1) is 14.4. The van der Waals surface area contributed by atoms with Gasteiger partial charge in [0, 0.05) is 23.9 Å². The fourth-order valence-electron chi connectivity index (χ4n) is 1.67. The molecule has 0 aliphatic heterocycles. The predicted molar refractivity (Wildman–Crippen MR) is 74.3 cm³/mol. The molecule has 0 radical (unpaired) electrons. The summed E-state index contributed by atoms with van der Waals surface area (Å²) in [6.45, 7) is 0.0116. The summed E-state index contributed by atoms with van der Waals surface area (Å²) >= 11 is 0. The third-order valence-electron chi connectivity index (χ3n) is 2.79. The highest BCUT2D eigenvalue weighted by molar-refractivity contribution is 5.97. The second-order valence-electron chi connectivity index (χ2n) is 4.19. The molecule has 0 aliphatic rings. The topological polar surface area (TPSA) is 101 Å². The van der Waals surface area contributed by atoms with Crippen molar-refractivity contribution < 1.29 is 14.4 Å². The van der Waals surface area contributed by atoms with Crippen LogP contribution < -0.4 is 11.1 Å². The van der Waals surface area contributed by atoms with Gasteiger partial charge in [-0.2, -0.15) is 0 Å². The Hall–Kier alpha value is -2.96. The summed E-state index contributed by atoms with van der Waals surface area (Å²) in [5, 5.41) is 13.9. The van der Waals surface area contributed by atoms with Crippen LogP contribution in [0.25, 0.3) is 0 Å². The Morgan fingerprint density at radius 2 is 2.19 bits per heavy atom. The highest BCUT2D eigenvalue weighted by atomic mass is 19.1. The summed E-state index contributed by atoms with van der Waals surface area (Å²) in [7, 11) is 0. The molecule has 0 saturated carbocycles. The normalized spacial score (nSPS) is 11.2. The zero-order chi connectivity index (χ0) is 15.2. The van der Waals surface area contributed by atoms with Crippen molar-refractivity contribution in [3.05, 3.63) is 65.2 Å². The largest absolute Gasteiger partial charge is 0.409 e. The van der Waals surface area contributed by atoms with Crippen molar-refractivity contribution in [1.82, 2.24) is 10.3 Å². The zero-order valence-electron chi connectivity index (χ0n) is 11.0. The number of amidine groups is 1. The van der Waals surface area contributed by atoms with Crippen LogP contribution in [0, 0.1) is 5.82 Å². The molecule has 21 heavy (non-hydrogen) atoms. The minimum atomic E-state index is -0.555. The van der Waals surface area contributed by atoms with Crippen molar-refractivity contribution in [2.24, 2.45) is 10.9 Å². The number of nitrogens with zero attached hydrogens (tertiary/aromatic N) is 2. The standard InChI is InChI=1S/C14H13FN4O2/c15-11-7-9(13(16)19-21)4-5-10(11)8-18-14(20)12-3-1-2-6-17-12/h1-7,21H,8H2,(H2,16,19)(H,18,20). The molecule has 2 rings (SSSR count). The van der Waals surface area contributed by atoms with Crippen LogP contribution in [0.5, 0.6) is 0 Å². The maximum absolute atomic E-state index is 13.8. The first-order valence-electron chi connectivity index (χ1n) is 6.07. The van der Waals surface area contributed by atoms with Gasteiger partial charge in [-0.25, -0.2) is 4.39 Å². The van der Waals surface area contributed by atoms with Gasteiger partial charge in [-0.05, 0) is 18.2 Å². The number of hydrogen-bond donors (Lipinski definition) is 3. The third-order valence-corrected chi connectivity index (χ3v) is 2.79. The molecule has 1 aromatic carbocycles. The van der Waals surface area contributed by atoms with Gasteiger partial charge in [0.05, 0.1) is 0 Å². The van der Waals surface area contributed by atoms with Crippen molar-refractivity contribution >= 4 is 11.7 Å². The SMILES string of the molecule is NC(=NO)c1ccc(CNC(=O)c2ccccn2)c(F)c1. The van der Waals surface area contributed by atoms with E-state index < -0.39 is 11.7 Å².